The van der Waals surface area contributed by atoms with Crippen molar-refractivity contribution in [1.29, 1.82) is 0 Å². The first-order chi connectivity index (χ1) is 13.5. The van der Waals surface area contributed by atoms with Crippen molar-refractivity contribution in [2.24, 2.45) is 0 Å². The number of ether oxygens (including phenoxy) is 2. The van der Waals surface area contributed by atoms with Gasteiger partial charge in [0, 0.05) is 42.7 Å². The SMILES string of the molecule is COc1ccc2c(c1)OC1(CCN(C[C@H](O)c3ccc(Cl)cc3)CC1)C[C@@H]2O. The largest absolute Gasteiger partial charge is 0.497 e. The van der Waals surface area contributed by atoms with Crippen LogP contribution in [0.3, 0.4) is 0 Å². The number of likely N-dealkylation sites (tertiary alicyclic amines) is 1. The topological polar surface area (TPSA) is 62.2 Å². The Balaban J connectivity index is 1.40. The van der Waals surface area contributed by atoms with Gasteiger partial charge in [0.25, 0.3) is 0 Å². The van der Waals surface area contributed by atoms with Crippen LogP contribution in [0.15, 0.2) is 42.5 Å². The van der Waals surface area contributed by atoms with Gasteiger partial charge in [-0.1, -0.05) is 23.7 Å². The number of fused-ring (bicyclic) bond motifs is 1. The molecule has 0 radical (unpaired) electrons. The predicted molar refractivity (Wildman–Crippen MR) is 108 cm³/mol. The normalized spacial score (nSPS) is 22.4. The molecule has 2 aliphatic heterocycles. The first kappa shape index (κ1) is 19.5. The molecular weight excluding hydrogens is 378 g/mol. The quantitative estimate of drug-likeness (QED) is 0.814. The Bertz CT molecular complexity index is 818. The number of β-amino-alcohol motifs (C(OH)–C–C–N with tert-alkyl or cyclic N) is 1. The molecule has 2 aromatic rings. The highest BCUT2D eigenvalue weighted by Gasteiger charge is 2.43. The van der Waals surface area contributed by atoms with Gasteiger partial charge in [-0.3, -0.25) is 0 Å². The van der Waals surface area contributed by atoms with Gasteiger partial charge >= 0.3 is 0 Å². The van der Waals surface area contributed by atoms with Crippen molar-refractivity contribution in [3.05, 3.63) is 58.6 Å². The highest BCUT2D eigenvalue weighted by atomic mass is 35.5. The van der Waals surface area contributed by atoms with Crippen molar-refractivity contribution >= 4 is 11.6 Å². The van der Waals surface area contributed by atoms with Crippen molar-refractivity contribution in [2.45, 2.75) is 37.1 Å². The molecule has 4 rings (SSSR count). The number of aliphatic hydroxyl groups excluding tert-OH is 2. The lowest BCUT2D eigenvalue weighted by Gasteiger charge is -2.46. The van der Waals surface area contributed by atoms with Gasteiger partial charge in [0.15, 0.2) is 0 Å². The van der Waals surface area contributed by atoms with E-state index in [0.29, 0.717) is 23.7 Å². The molecule has 2 aliphatic rings. The Hall–Kier alpha value is -1.79. The van der Waals surface area contributed by atoms with E-state index in [2.05, 4.69) is 4.90 Å². The summed E-state index contributed by atoms with van der Waals surface area (Å²) in [5.74, 6) is 1.44. The van der Waals surface area contributed by atoms with Gasteiger partial charge in [-0.2, -0.15) is 0 Å². The van der Waals surface area contributed by atoms with Crippen LogP contribution in [0, 0.1) is 0 Å². The van der Waals surface area contributed by atoms with E-state index in [-0.39, 0.29) is 5.60 Å². The summed E-state index contributed by atoms with van der Waals surface area (Å²) in [5.41, 5.74) is 1.34. The third-order valence-electron chi connectivity index (χ3n) is 5.92. The maximum atomic E-state index is 10.6. The summed E-state index contributed by atoms with van der Waals surface area (Å²) in [6.07, 6.45) is 1.15. The number of hydrogen-bond donors (Lipinski definition) is 2. The molecule has 1 fully saturated rings. The van der Waals surface area contributed by atoms with E-state index in [1.54, 1.807) is 19.2 Å². The van der Waals surface area contributed by atoms with E-state index in [1.807, 2.05) is 30.3 Å². The minimum atomic E-state index is -0.547. The Morgan fingerprint density at radius 2 is 1.93 bits per heavy atom. The Labute approximate surface area is 170 Å². The van der Waals surface area contributed by atoms with E-state index in [0.717, 1.165) is 42.8 Å². The summed E-state index contributed by atoms with van der Waals surface area (Å²) in [5, 5.41) is 21.8. The molecule has 0 aromatic heterocycles. The van der Waals surface area contributed by atoms with Gasteiger partial charge < -0.3 is 24.6 Å². The van der Waals surface area contributed by atoms with Gasteiger partial charge in [-0.05, 0) is 42.7 Å². The van der Waals surface area contributed by atoms with Crippen LogP contribution in [-0.4, -0.2) is 47.5 Å². The molecule has 150 valence electrons. The Morgan fingerprint density at radius 3 is 2.61 bits per heavy atom. The number of nitrogens with zero attached hydrogens (tertiary/aromatic N) is 1. The molecule has 0 amide bonds. The maximum absolute atomic E-state index is 10.6. The molecule has 0 saturated carbocycles. The molecule has 0 unspecified atom stereocenters. The molecule has 0 aliphatic carbocycles. The minimum Gasteiger partial charge on any atom is -0.497 e. The third-order valence-corrected chi connectivity index (χ3v) is 6.18. The van der Waals surface area contributed by atoms with Crippen molar-refractivity contribution in [2.75, 3.05) is 26.7 Å². The first-order valence-electron chi connectivity index (χ1n) is 9.69. The lowest BCUT2D eigenvalue weighted by molar-refractivity contribution is -0.0588. The maximum Gasteiger partial charge on any atom is 0.129 e. The van der Waals surface area contributed by atoms with Gasteiger partial charge in [0.1, 0.15) is 17.1 Å². The molecule has 1 saturated heterocycles. The molecule has 2 N–H and O–H groups in total. The van der Waals surface area contributed by atoms with Gasteiger partial charge in [-0.15, -0.1) is 0 Å². The summed E-state index contributed by atoms with van der Waals surface area (Å²) in [7, 11) is 1.63. The second kappa shape index (κ2) is 7.91. The van der Waals surface area contributed by atoms with Gasteiger partial charge in [-0.25, -0.2) is 0 Å². The third kappa shape index (κ3) is 3.98. The minimum absolute atomic E-state index is 0.361. The highest BCUT2D eigenvalue weighted by molar-refractivity contribution is 6.30. The van der Waals surface area contributed by atoms with Crippen molar-refractivity contribution in [3.8, 4) is 11.5 Å². The fourth-order valence-corrected chi connectivity index (χ4v) is 4.35. The van der Waals surface area contributed by atoms with Crippen LogP contribution in [0.5, 0.6) is 11.5 Å². The molecule has 2 atom stereocenters. The van der Waals surface area contributed by atoms with Crippen molar-refractivity contribution in [1.82, 2.24) is 4.90 Å². The van der Waals surface area contributed by atoms with E-state index in [9.17, 15) is 10.2 Å². The number of benzene rings is 2. The van der Waals surface area contributed by atoms with Crippen LogP contribution >= 0.6 is 11.6 Å². The second-order valence-electron chi connectivity index (χ2n) is 7.78. The molecule has 5 nitrogen and oxygen atoms in total. The second-order valence-corrected chi connectivity index (χ2v) is 8.21. The fourth-order valence-electron chi connectivity index (χ4n) is 4.23. The lowest BCUT2D eigenvalue weighted by atomic mass is 9.81. The van der Waals surface area contributed by atoms with Crippen LogP contribution in [0.4, 0.5) is 0 Å². The zero-order valence-corrected chi connectivity index (χ0v) is 16.7. The van der Waals surface area contributed by atoms with Crippen LogP contribution in [-0.2, 0) is 0 Å². The molecule has 2 heterocycles. The number of aliphatic hydroxyl groups is 2. The monoisotopic (exact) mass is 403 g/mol. The predicted octanol–water partition coefficient (Wildman–Crippen LogP) is 3.73. The average Bonchev–Trinajstić information content (AvgIpc) is 2.70. The zero-order valence-electron chi connectivity index (χ0n) is 16.0. The van der Waals surface area contributed by atoms with E-state index in [1.165, 1.54) is 0 Å². The molecule has 1 spiro atoms. The number of methoxy groups -OCH3 is 1. The molecule has 6 heteroatoms. The smallest absolute Gasteiger partial charge is 0.129 e. The van der Waals surface area contributed by atoms with Gasteiger partial charge in [0.05, 0.1) is 19.3 Å². The number of piperidine rings is 1. The summed E-state index contributed by atoms with van der Waals surface area (Å²) >= 11 is 5.92. The first-order valence-corrected chi connectivity index (χ1v) is 10.1. The number of rotatable bonds is 4. The van der Waals surface area contributed by atoms with Crippen LogP contribution < -0.4 is 9.47 Å². The van der Waals surface area contributed by atoms with Crippen LogP contribution in [0.25, 0.3) is 0 Å². The lowest BCUT2D eigenvalue weighted by Crippen LogP contribution is -2.51. The van der Waals surface area contributed by atoms with Gasteiger partial charge in [0.2, 0.25) is 0 Å². The van der Waals surface area contributed by atoms with E-state index >= 15 is 0 Å². The average molecular weight is 404 g/mol. The van der Waals surface area contributed by atoms with Crippen molar-refractivity contribution < 1.29 is 19.7 Å². The summed E-state index contributed by atoms with van der Waals surface area (Å²) in [6, 6.07) is 12.9. The number of hydrogen-bond acceptors (Lipinski definition) is 5. The summed E-state index contributed by atoms with van der Waals surface area (Å²) in [6.45, 7) is 2.21. The Morgan fingerprint density at radius 1 is 1.21 bits per heavy atom. The summed E-state index contributed by atoms with van der Waals surface area (Å²) < 4.78 is 11.7. The summed E-state index contributed by atoms with van der Waals surface area (Å²) in [4.78, 5) is 2.25. The number of halogens is 1. The molecular formula is C22H26ClNO4. The zero-order chi connectivity index (χ0) is 19.7. The molecule has 0 bridgehead atoms. The molecule has 2 aromatic carbocycles. The van der Waals surface area contributed by atoms with Crippen LogP contribution in [0.1, 0.15) is 42.6 Å². The van der Waals surface area contributed by atoms with E-state index < -0.39 is 12.2 Å². The fraction of sp³-hybridized carbons (Fsp3) is 0.455. The standard InChI is InChI=1S/C22H26ClNO4/c1-27-17-6-7-18-19(25)13-22(28-21(18)12-17)8-10-24(11-9-22)14-20(26)15-2-4-16(23)5-3-15/h2-7,12,19-20,25-26H,8-11,13-14H2,1H3/t19-,20-/m0/s1. The van der Waals surface area contributed by atoms with Crippen molar-refractivity contribution in [3.63, 3.8) is 0 Å². The Kier molecular flexibility index (Phi) is 5.52. The highest BCUT2D eigenvalue weighted by Crippen LogP contribution is 2.45. The van der Waals surface area contributed by atoms with Crippen LogP contribution in [0.2, 0.25) is 5.02 Å². The molecule has 28 heavy (non-hydrogen) atoms. The van der Waals surface area contributed by atoms with E-state index in [4.69, 9.17) is 21.1 Å².